The lowest BCUT2D eigenvalue weighted by atomic mass is 9.56. The first-order chi connectivity index (χ1) is 18.9. The molecule has 208 valence electrons. The van der Waals surface area contributed by atoms with Crippen LogP contribution in [-0.4, -0.2) is 57.5 Å². The summed E-state index contributed by atoms with van der Waals surface area (Å²) in [5, 5.41) is 11.0. The van der Waals surface area contributed by atoms with Gasteiger partial charge in [-0.3, -0.25) is 29.0 Å². The lowest BCUT2D eigenvalue weighted by Gasteiger charge is -2.50. The van der Waals surface area contributed by atoms with E-state index in [0.29, 0.717) is 25.4 Å². The van der Waals surface area contributed by atoms with E-state index in [4.69, 9.17) is 39.5 Å². The van der Waals surface area contributed by atoms with E-state index in [9.17, 15) is 24.3 Å². The third-order valence-electron chi connectivity index (χ3n) is 8.70. The number of imide groups is 2. The second-order valence-corrected chi connectivity index (χ2v) is 13.4. The molecule has 0 aromatic heterocycles. The van der Waals surface area contributed by atoms with Crippen molar-refractivity contribution < 1.29 is 29.0 Å². The molecule has 2 aliphatic heterocycles. The predicted octanol–water partition coefficient (Wildman–Crippen LogP) is 4.85. The minimum atomic E-state index is -1.91. The van der Waals surface area contributed by atoms with Crippen molar-refractivity contribution in [2.24, 2.45) is 17.8 Å². The molecule has 1 saturated carbocycles. The number of phenols is 1. The minimum absolute atomic E-state index is 0.0845. The molecular weight excluding hydrogens is 694 g/mol. The Labute approximate surface area is 258 Å². The highest BCUT2D eigenvalue weighted by atomic mass is 127. The molecule has 4 amide bonds. The van der Waals surface area contributed by atoms with Crippen molar-refractivity contribution in [3.63, 3.8) is 0 Å². The predicted molar refractivity (Wildman–Crippen MR) is 157 cm³/mol. The summed E-state index contributed by atoms with van der Waals surface area (Å²) in [6.07, 6.45) is 2.00. The molecular formula is C28H22Cl3IN2O6. The number of nitrogens with zero attached hydrogens (tertiary/aromatic N) is 2. The van der Waals surface area contributed by atoms with Gasteiger partial charge in [0.15, 0.2) is 21.2 Å². The largest absolute Gasteiger partial charge is 0.504 e. The van der Waals surface area contributed by atoms with E-state index in [1.807, 2.05) is 28.7 Å². The molecule has 1 N–H and O–H groups in total. The quantitative estimate of drug-likeness (QED) is 0.211. The van der Waals surface area contributed by atoms with Gasteiger partial charge in [-0.25, -0.2) is 0 Å². The van der Waals surface area contributed by atoms with E-state index in [1.165, 1.54) is 19.1 Å². The fourth-order valence-electron chi connectivity index (χ4n) is 6.88. The van der Waals surface area contributed by atoms with Crippen LogP contribution in [0.4, 0.5) is 5.69 Å². The number of hydrogen-bond acceptors (Lipinski definition) is 6. The van der Waals surface area contributed by atoms with Crippen LogP contribution in [0.1, 0.15) is 24.3 Å². The van der Waals surface area contributed by atoms with Crippen LogP contribution in [0.25, 0.3) is 0 Å². The van der Waals surface area contributed by atoms with Crippen LogP contribution >= 0.6 is 57.4 Å². The number of allylic oxidation sites excluding steroid dienone is 2. The Hall–Kier alpha value is -2.34. The summed E-state index contributed by atoms with van der Waals surface area (Å²) >= 11 is 22.3. The number of amides is 4. The first-order valence-electron chi connectivity index (χ1n) is 12.5. The van der Waals surface area contributed by atoms with Gasteiger partial charge in [0, 0.05) is 18.0 Å². The number of carbonyl (C=O) groups excluding carboxylic acids is 4. The molecule has 2 aromatic carbocycles. The summed E-state index contributed by atoms with van der Waals surface area (Å²) < 4.78 is 5.82. The molecule has 0 bridgehead atoms. The summed E-state index contributed by atoms with van der Waals surface area (Å²) in [6, 6.07) is 9.66. The van der Waals surface area contributed by atoms with E-state index in [-0.39, 0.29) is 30.2 Å². The van der Waals surface area contributed by atoms with Crippen molar-refractivity contribution in [3.8, 4) is 11.5 Å². The normalized spacial score (nSPS) is 33.1. The number of fused-ring (bicyclic) bond motifs is 4. The lowest BCUT2D eigenvalue weighted by Crippen LogP contribution is -2.60. The zero-order valence-electron chi connectivity index (χ0n) is 21.2. The summed E-state index contributed by atoms with van der Waals surface area (Å²) in [5.74, 6) is -5.06. The van der Waals surface area contributed by atoms with Gasteiger partial charge < -0.3 is 9.84 Å². The first kappa shape index (κ1) is 27.8. The highest BCUT2D eigenvalue weighted by molar-refractivity contribution is 14.1. The van der Waals surface area contributed by atoms with Crippen molar-refractivity contribution >= 4 is 86.7 Å². The van der Waals surface area contributed by atoms with Crippen LogP contribution in [-0.2, 0) is 19.2 Å². The molecule has 2 aromatic rings. The van der Waals surface area contributed by atoms with E-state index in [1.54, 1.807) is 36.4 Å². The molecule has 6 unspecified atom stereocenters. The first-order valence-corrected chi connectivity index (χ1v) is 14.7. The van der Waals surface area contributed by atoms with Gasteiger partial charge in [0.2, 0.25) is 11.8 Å². The Morgan fingerprint density at radius 1 is 1.02 bits per heavy atom. The number of phenolic OH excluding ortho intramolecular Hbond substituents is 1. The molecule has 0 radical (unpaired) electrons. The molecule has 12 heteroatoms. The molecule has 0 spiro atoms. The van der Waals surface area contributed by atoms with Crippen molar-refractivity contribution in [3.05, 3.63) is 62.2 Å². The molecule has 3 fully saturated rings. The number of aromatic hydroxyl groups is 1. The maximum atomic E-state index is 14.0. The fraction of sp³-hybridized carbons (Fsp3) is 0.357. The summed E-state index contributed by atoms with van der Waals surface area (Å²) in [5.41, 5.74) is 1.56. The van der Waals surface area contributed by atoms with Crippen LogP contribution in [0, 0.1) is 21.3 Å². The Balaban J connectivity index is 1.53. The molecule has 8 nitrogen and oxygen atoms in total. The molecule has 2 aliphatic carbocycles. The van der Waals surface area contributed by atoms with Gasteiger partial charge in [-0.15, -0.1) is 23.2 Å². The topological polar surface area (TPSA) is 104 Å². The number of rotatable bonds is 3. The second kappa shape index (κ2) is 9.34. The van der Waals surface area contributed by atoms with Crippen molar-refractivity contribution in [2.45, 2.75) is 28.5 Å². The number of likely N-dealkylation sites (tertiary alicyclic amines) is 1. The Bertz CT molecular complexity index is 1550. The number of alkyl halides is 2. The number of halogens is 4. The maximum absolute atomic E-state index is 14.0. The van der Waals surface area contributed by atoms with Gasteiger partial charge in [-0.05, 0) is 83.3 Å². The zero-order chi connectivity index (χ0) is 28.9. The number of carbonyl (C=O) groups is 4. The minimum Gasteiger partial charge on any atom is -0.504 e. The molecule has 2 saturated heterocycles. The average molecular weight is 716 g/mol. The van der Waals surface area contributed by atoms with Gasteiger partial charge in [-0.2, -0.15) is 0 Å². The van der Waals surface area contributed by atoms with E-state index >= 15 is 0 Å². The lowest BCUT2D eigenvalue weighted by molar-refractivity contribution is -0.138. The van der Waals surface area contributed by atoms with Crippen LogP contribution in [0.3, 0.4) is 0 Å². The van der Waals surface area contributed by atoms with Gasteiger partial charge in [0.25, 0.3) is 11.8 Å². The highest BCUT2D eigenvalue weighted by Gasteiger charge is 2.76. The number of benzene rings is 2. The summed E-state index contributed by atoms with van der Waals surface area (Å²) in [6.45, 7) is 0. The Morgan fingerprint density at radius 2 is 1.70 bits per heavy atom. The molecule has 6 rings (SSSR count). The third-order valence-corrected chi connectivity index (χ3v) is 11.2. The molecule has 40 heavy (non-hydrogen) atoms. The summed E-state index contributed by atoms with van der Waals surface area (Å²) in [4.78, 5) is 53.1. The average Bonchev–Trinajstić information content (AvgIpc) is 3.25. The third kappa shape index (κ3) is 3.50. The SMILES string of the molecule is COc1cc(C2C3=CCC4C(=O)N(c5ccc(Cl)cc5)C(=O)C4C3CC3(Cl)C(=O)N(C)C(=O)C23Cl)cc(I)c1O. The Kier molecular flexibility index (Phi) is 6.49. The number of hydrogen-bond donors (Lipinski definition) is 1. The van der Waals surface area contributed by atoms with E-state index in [0.717, 1.165) is 4.90 Å². The summed E-state index contributed by atoms with van der Waals surface area (Å²) in [7, 11) is 2.74. The van der Waals surface area contributed by atoms with Crippen LogP contribution in [0.15, 0.2) is 48.0 Å². The van der Waals surface area contributed by atoms with Crippen molar-refractivity contribution in [2.75, 3.05) is 19.1 Å². The molecule has 4 aliphatic rings. The molecule has 6 atom stereocenters. The van der Waals surface area contributed by atoms with Crippen LogP contribution in [0.2, 0.25) is 5.02 Å². The number of anilines is 1. The van der Waals surface area contributed by atoms with Gasteiger partial charge in [-0.1, -0.05) is 23.3 Å². The molecule has 2 heterocycles. The number of ether oxygens (including phenoxy) is 1. The van der Waals surface area contributed by atoms with E-state index < -0.39 is 51.1 Å². The highest BCUT2D eigenvalue weighted by Crippen LogP contribution is 2.65. The monoisotopic (exact) mass is 714 g/mol. The van der Waals surface area contributed by atoms with Crippen molar-refractivity contribution in [1.29, 1.82) is 0 Å². The van der Waals surface area contributed by atoms with Gasteiger partial charge in [0.1, 0.15) is 0 Å². The smallest absolute Gasteiger partial charge is 0.253 e. The zero-order valence-corrected chi connectivity index (χ0v) is 25.6. The second-order valence-electron chi connectivity index (χ2n) is 10.5. The van der Waals surface area contributed by atoms with E-state index in [2.05, 4.69) is 0 Å². The van der Waals surface area contributed by atoms with Crippen molar-refractivity contribution in [1.82, 2.24) is 4.90 Å². The maximum Gasteiger partial charge on any atom is 0.253 e. The Morgan fingerprint density at radius 3 is 2.35 bits per heavy atom. The fourth-order valence-corrected chi connectivity index (χ4v) is 8.65. The van der Waals surface area contributed by atoms with Crippen LogP contribution in [0.5, 0.6) is 11.5 Å². The van der Waals surface area contributed by atoms with Gasteiger partial charge in [0.05, 0.1) is 28.2 Å². The van der Waals surface area contributed by atoms with Gasteiger partial charge >= 0.3 is 0 Å². The number of methoxy groups -OCH3 is 1. The standard InChI is InChI=1S/C28H22Cl3IN2O6/c1-33-25(38)27(30)11-17-15(21(28(27,31)26(33)39)12-9-18(32)22(35)19(10-12)40-2)7-8-16-20(17)24(37)34(23(16)36)14-5-3-13(29)4-6-14/h3-7,9-10,16-17,20-21,35H,8,11H2,1-2H3. The van der Waals surface area contributed by atoms with Crippen LogP contribution < -0.4 is 9.64 Å².